The van der Waals surface area contributed by atoms with Crippen LogP contribution < -0.4 is 61.2 Å². The van der Waals surface area contributed by atoms with E-state index in [0.717, 1.165) is 4.47 Å². The van der Waals surface area contributed by atoms with Crippen LogP contribution in [-0.4, -0.2) is 12.6 Å². The number of carbonyl (C=O) groups is 1. The number of carbonyl (C=O) groups excluding carboxylic acids is 1. The van der Waals surface area contributed by atoms with Crippen molar-refractivity contribution >= 4 is 21.9 Å². The zero-order chi connectivity index (χ0) is 8.97. The van der Waals surface area contributed by atoms with Crippen LogP contribution in [0.5, 0.6) is 5.75 Å². The monoisotopic (exact) mass is 268 g/mol. The van der Waals surface area contributed by atoms with Crippen LogP contribution in [0.25, 0.3) is 0 Å². The van der Waals surface area contributed by atoms with E-state index >= 15 is 0 Å². The van der Waals surface area contributed by atoms with Gasteiger partial charge in [-0.05, 0) is 28.1 Å². The van der Waals surface area contributed by atoms with E-state index in [-0.39, 0.29) is 51.4 Å². The van der Waals surface area contributed by atoms with Crippen LogP contribution in [0.1, 0.15) is 0 Å². The summed E-state index contributed by atoms with van der Waals surface area (Å²) in [7, 11) is 0. The Morgan fingerprint density at radius 3 is 2.62 bits per heavy atom. The van der Waals surface area contributed by atoms with Gasteiger partial charge < -0.3 is 14.6 Å². The molecule has 0 radical (unpaired) electrons. The van der Waals surface area contributed by atoms with Crippen molar-refractivity contribution < 1.29 is 66.0 Å². The molecule has 64 valence electrons. The van der Waals surface area contributed by atoms with Crippen molar-refractivity contribution in [2.75, 3.05) is 6.61 Å². The third-order valence-corrected chi connectivity index (χ3v) is 1.84. The molecule has 5 heteroatoms. The van der Waals surface area contributed by atoms with E-state index in [0.29, 0.717) is 5.75 Å². The summed E-state index contributed by atoms with van der Waals surface area (Å²) in [5, 5.41) is 10.0. The zero-order valence-corrected chi connectivity index (χ0v) is 11.8. The minimum atomic E-state index is -1.23. The Morgan fingerprint density at radius 1 is 1.46 bits per heavy atom. The zero-order valence-electron chi connectivity index (χ0n) is 7.12. The molecule has 0 fully saturated rings. The predicted molar refractivity (Wildman–Crippen MR) is 44.6 cm³/mol. The number of rotatable bonds is 3. The van der Waals surface area contributed by atoms with E-state index in [1.54, 1.807) is 18.2 Å². The molecule has 3 nitrogen and oxygen atoms in total. The molecule has 13 heavy (non-hydrogen) atoms. The third kappa shape index (κ3) is 5.14. The van der Waals surface area contributed by atoms with Gasteiger partial charge in [0.1, 0.15) is 12.4 Å². The van der Waals surface area contributed by atoms with Gasteiger partial charge in [-0.15, -0.1) is 0 Å². The second kappa shape index (κ2) is 6.97. The number of aliphatic carboxylic acids is 1. The maximum Gasteiger partial charge on any atom is 1.00 e. The maximum atomic E-state index is 10.0. The van der Waals surface area contributed by atoms with Crippen LogP contribution in [0.4, 0.5) is 0 Å². The molecule has 1 rings (SSSR count). The van der Waals surface area contributed by atoms with Crippen molar-refractivity contribution in [1.82, 2.24) is 0 Å². The molecule has 0 amide bonds. The van der Waals surface area contributed by atoms with Gasteiger partial charge in [0.05, 0.1) is 10.4 Å². The molecule has 0 atom stereocenters. The van der Waals surface area contributed by atoms with Gasteiger partial charge in [0.25, 0.3) is 0 Å². The topological polar surface area (TPSA) is 49.4 Å². The van der Waals surface area contributed by atoms with E-state index in [1.165, 1.54) is 0 Å². The Hall–Kier alpha value is 0.606. The first-order valence-electron chi connectivity index (χ1n) is 3.27. The summed E-state index contributed by atoms with van der Waals surface area (Å²) in [6.45, 7) is -0.428. The van der Waals surface area contributed by atoms with E-state index in [4.69, 9.17) is 4.74 Å². The molecule has 0 unspecified atom stereocenters. The fourth-order valence-electron chi connectivity index (χ4n) is 0.698. The van der Waals surface area contributed by atoms with E-state index in [2.05, 4.69) is 15.9 Å². The van der Waals surface area contributed by atoms with Gasteiger partial charge >= 0.3 is 51.4 Å². The summed E-state index contributed by atoms with van der Waals surface area (Å²) in [5.41, 5.74) is 0. The van der Waals surface area contributed by atoms with Gasteiger partial charge in [0.15, 0.2) is 0 Å². The molecule has 0 spiro atoms. The van der Waals surface area contributed by atoms with Crippen LogP contribution in [0.3, 0.4) is 0 Å². The van der Waals surface area contributed by atoms with Crippen molar-refractivity contribution in [1.29, 1.82) is 0 Å². The minimum Gasteiger partial charge on any atom is -0.546 e. The Labute approximate surface area is 127 Å². The number of ether oxygens (including phenoxy) is 1. The molecule has 0 saturated carbocycles. The summed E-state index contributed by atoms with van der Waals surface area (Å²) >= 11 is 3.21. The number of hydrogen-bond donors (Lipinski definition) is 0. The van der Waals surface area contributed by atoms with E-state index in [9.17, 15) is 9.90 Å². The van der Waals surface area contributed by atoms with Gasteiger partial charge in [-0.1, -0.05) is 12.1 Å². The van der Waals surface area contributed by atoms with Crippen LogP contribution in [0.2, 0.25) is 0 Å². The molecule has 0 N–H and O–H groups in total. The molecular weight excluding hydrogens is 263 g/mol. The van der Waals surface area contributed by atoms with Crippen LogP contribution in [0.15, 0.2) is 28.7 Å². The smallest absolute Gasteiger partial charge is 0.546 e. The Balaban J connectivity index is 0.00000144. The molecule has 1 aromatic carbocycles. The quantitative estimate of drug-likeness (QED) is 0.574. The van der Waals surface area contributed by atoms with Crippen LogP contribution >= 0.6 is 15.9 Å². The molecular formula is C8H6BrKO3. The van der Waals surface area contributed by atoms with Crippen LogP contribution in [0, 0.1) is 0 Å². The molecule has 0 aliphatic carbocycles. The van der Waals surface area contributed by atoms with Crippen molar-refractivity contribution in [2.45, 2.75) is 0 Å². The van der Waals surface area contributed by atoms with Crippen molar-refractivity contribution in [3.8, 4) is 5.75 Å². The van der Waals surface area contributed by atoms with E-state index in [1.807, 2.05) is 6.07 Å². The number of carboxylic acids is 1. The number of hydrogen-bond acceptors (Lipinski definition) is 3. The second-order valence-corrected chi connectivity index (χ2v) is 2.95. The average Bonchev–Trinajstić information content (AvgIpc) is 2.03. The van der Waals surface area contributed by atoms with Crippen molar-refractivity contribution in [3.05, 3.63) is 28.7 Å². The summed E-state index contributed by atoms with van der Waals surface area (Å²) in [4.78, 5) is 10.0. The predicted octanol–water partition coefficient (Wildman–Crippen LogP) is -2.42. The molecule has 0 aliphatic rings. The first-order chi connectivity index (χ1) is 5.70. The molecule has 0 aliphatic heterocycles. The molecule has 0 saturated heterocycles. The van der Waals surface area contributed by atoms with Gasteiger partial charge in [-0.25, -0.2) is 0 Å². The fourth-order valence-corrected chi connectivity index (χ4v) is 1.10. The summed E-state index contributed by atoms with van der Waals surface area (Å²) in [6.07, 6.45) is 0. The summed E-state index contributed by atoms with van der Waals surface area (Å²) < 4.78 is 5.62. The van der Waals surface area contributed by atoms with Crippen LogP contribution in [-0.2, 0) is 4.79 Å². The molecule has 0 bridgehead atoms. The first-order valence-corrected chi connectivity index (χ1v) is 4.06. The minimum absolute atomic E-state index is 0. The summed E-state index contributed by atoms with van der Waals surface area (Å²) in [6, 6.07) is 7.02. The second-order valence-electron chi connectivity index (χ2n) is 2.09. The SMILES string of the molecule is O=C([O-])COc1ccccc1Br.[K+]. The number of halogens is 1. The third-order valence-electron chi connectivity index (χ3n) is 1.18. The normalized spacial score (nSPS) is 8.69. The fraction of sp³-hybridized carbons (Fsp3) is 0.125. The molecule has 0 aromatic heterocycles. The van der Waals surface area contributed by atoms with Gasteiger partial charge in [0, 0.05) is 0 Å². The first kappa shape index (κ1) is 13.6. The molecule has 1 aromatic rings. The van der Waals surface area contributed by atoms with Gasteiger partial charge in [-0.2, -0.15) is 0 Å². The molecule has 0 heterocycles. The number of carboxylic acid groups (broad SMARTS) is 1. The number of benzene rings is 1. The Morgan fingerprint density at radius 2 is 2.08 bits per heavy atom. The maximum absolute atomic E-state index is 10.0. The Kier molecular flexibility index (Phi) is 7.30. The van der Waals surface area contributed by atoms with Crippen molar-refractivity contribution in [3.63, 3.8) is 0 Å². The van der Waals surface area contributed by atoms with Gasteiger partial charge in [0.2, 0.25) is 0 Å². The Bertz CT molecular complexity index is 290. The summed E-state index contributed by atoms with van der Waals surface area (Å²) in [5.74, 6) is -0.729. The standard InChI is InChI=1S/C8H7BrO3.K/c9-6-3-1-2-4-7(6)12-5-8(10)11;/h1-4H,5H2,(H,10,11);/q;+1/p-1. The van der Waals surface area contributed by atoms with Crippen molar-refractivity contribution in [2.24, 2.45) is 0 Å². The average molecular weight is 269 g/mol. The number of para-hydroxylation sites is 1. The van der Waals surface area contributed by atoms with Gasteiger partial charge in [-0.3, -0.25) is 0 Å². The largest absolute Gasteiger partial charge is 1.00 e. The van der Waals surface area contributed by atoms with E-state index < -0.39 is 12.6 Å².